The van der Waals surface area contributed by atoms with Gasteiger partial charge in [-0.1, -0.05) is 30.3 Å². The van der Waals surface area contributed by atoms with Crippen molar-refractivity contribution < 1.29 is 4.74 Å². The minimum Gasteiger partial charge on any atom is -0.383 e. The summed E-state index contributed by atoms with van der Waals surface area (Å²) < 4.78 is 5.13. The molecular formula is C15H20N4O. The van der Waals surface area contributed by atoms with Crippen LogP contribution in [0.2, 0.25) is 0 Å². The zero-order valence-electron chi connectivity index (χ0n) is 11.7. The molecule has 0 spiro atoms. The number of nitrogens with zero attached hydrogens (tertiary/aromatic N) is 3. The first-order valence-electron chi connectivity index (χ1n) is 7.06. The van der Waals surface area contributed by atoms with Gasteiger partial charge in [-0.25, -0.2) is 4.98 Å². The van der Waals surface area contributed by atoms with Crippen LogP contribution in [0.15, 0.2) is 30.3 Å². The van der Waals surface area contributed by atoms with E-state index in [-0.39, 0.29) is 0 Å². The number of aromatic nitrogens is 3. The van der Waals surface area contributed by atoms with Gasteiger partial charge in [-0.3, -0.25) is 5.10 Å². The predicted molar refractivity (Wildman–Crippen MR) is 77.5 cm³/mol. The Balaban J connectivity index is 1.66. The quantitative estimate of drug-likeness (QED) is 0.903. The largest absolute Gasteiger partial charge is 0.383 e. The Morgan fingerprint density at radius 2 is 2.20 bits per heavy atom. The summed E-state index contributed by atoms with van der Waals surface area (Å²) in [7, 11) is 1.75. The number of benzene rings is 1. The molecule has 0 amide bonds. The fourth-order valence-corrected chi connectivity index (χ4v) is 2.65. The van der Waals surface area contributed by atoms with E-state index in [1.165, 1.54) is 0 Å². The van der Waals surface area contributed by atoms with Gasteiger partial charge in [0, 0.05) is 31.7 Å². The third-order valence-electron chi connectivity index (χ3n) is 3.81. The van der Waals surface area contributed by atoms with Gasteiger partial charge in [-0.05, 0) is 13.0 Å². The molecule has 1 aromatic carbocycles. The van der Waals surface area contributed by atoms with E-state index in [1.54, 1.807) is 7.11 Å². The lowest BCUT2D eigenvalue weighted by Gasteiger charge is -2.14. The second-order valence-corrected chi connectivity index (χ2v) is 5.19. The number of rotatable bonds is 5. The fraction of sp³-hybridized carbons (Fsp3) is 0.467. The molecule has 1 saturated heterocycles. The minimum absolute atomic E-state index is 0.455. The molecule has 2 heterocycles. The maximum Gasteiger partial charge on any atom is 0.181 e. The molecule has 1 aromatic heterocycles. The number of likely N-dealkylation sites (tertiary alicyclic amines) is 1. The maximum absolute atomic E-state index is 5.13. The summed E-state index contributed by atoms with van der Waals surface area (Å²) in [6.45, 7) is 3.92. The molecular weight excluding hydrogens is 252 g/mol. The Hall–Kier alpha value is -1.72. The minimum atomic E-state index is 0.455. The number of aromatic amines is 1. The van der Waals surface area contributed by atoms with Crippen molar-refractivity contribution in [3.8, 4) is 11.4 Å². The SMILES string of the molecule is COCCN1CCC(c2nc(-c3ccccc3)n[nH]2)C1. The molecule has 1 aliphatic heterocycles. The Kier molecular flexibility index (Phi) is 4.08. The summed E-state index contributed by atoms with van der Waals surface area (Å²) in [5.41, 5.74) is 1.06. The van der Waals surface area contributed by atoms with Crippen LogP contribution in [0.25, 0.3) is 11.4 Å². The molecule has 0 aliphatic carbocycles. The number of hydrogen-bond donors (Lipinski definition) is 1. The Labute approximate surface area is 119 Å². The van der Waals surface area contributed by atoms with Crippen LogP contribution in [0.3, 0.4) is 0 Å². The van der Waals surface area contributed by atoms with E-state index >= 15 is 0 Å². The number of hydrogen-bond acceptors (Lipinski definition) is 4. The highest BCUT2D eigenvalue weighted by Crippen LogP contribution is 2.25. The topological polar surface area (TPSA) is 54.0 Å². The number of H-pyrrole nitrogens is 1. The van der Waals surface area contributed by atoms with Crippen LogP contribution >= 0.6 is 0 Å². The van der Waals surface area contributed by atoms with Gasteiger partial charge in [0.1, 0.15) is 5.82 Å². The second-order valence-electron chi connectivity index (χ2n) is 5.19. The molecule has 1 atom stereocenters. The summed E-state index contributed by atoms with van der Waals surface area (Å²) in [6.07, 6.45) is 1.13. The van der Waals surface area contributed by atoms with E-state index in [4.69, 9.17) is 4.74 Å². The molecule has 1 aliphatic rings. The molecule has 1 unspecified atom stereocenters. The molecule has 2 aromatic rings. The lowest BCUT2D eigenvalue weighted by Crippen LogP contribution is -2.24. The van der Waals surface area contributed by atoms with E-state index in [0.717, 1.165) is 49.9 Å². The van der Waals surface area contributed by atoms with Crippen LogP contribution in [0.4, 0.5) is 0 Å². The number of ether oxygens (including phenoxy) is 1. The summed E-state index contributed by atoms with van der Waals surface area (Å²) in [6, 6.07) is 10.1. The van der Waals surface area contributed by atoms with Crippen LogP contribution in [-0.4, -0.2) is 53.4 Å². The first-order chi connectivity index (χ1) is 9.86. The standard InChI is InChI=1S/C15H20N4O/c1-20-10-9-19-8-7-13(11-19)15-16-14(17-18-15)12-5-3-2-4-6-12/h2-6,13H,7-11H2,1H3,(H,16,17,18). The highest BCUT2D eigenvalue weighted by molar-refractivity contribution is 5.53. The van der Waals surface area contributed by atoms with Gasteiger partial charge >= 0.3 is 0 Å². The van der Waals surface area contributed by atoms with Gasteiger partial charge in [-0.2, -0.15) is 5.10 Å². The second kappa shape index (κ2) is 6.15. The zero-order chi connectivity index (χ0) is 13.8. The van der Waals surface area contributed by atoms with Crippen molar-refractivity contribution in [1.29, 1.82) is 0 Å². The Morgan fingerprint density at radius 1 is 1.35 bits per heavy atom. The van der Waals surface area contributed by atoms with Gasteiger partial charge in [0.15, 0.2) is 5.82 Å². The van der Waals surface area contributed by atoms with Crippen molar-refractivity contribution in [3.05, 3.63) is 36.2 Å². The van der Waals surface area contributed by atoms with Crippen molar-refractivity contribution in [2.75, 3.05) is 33.4 Å². The Morgan fingerprint density at radius 3 is 3.00 bits per heavy atom. The van der Waals surface area contributed by atoms with Crippen molar-refractivity contribution in [2.24, 2.45) is 0 Å². The van der Waals surface area contributed by atoms with Crippen LogP contribution in [-0.2, 0) is 4.74 Å². The van der Waals surface area contributed by atoms with Gasteiger partial charge in [-0.15, -0.1) is 0 Å². The maximum atomic E-state index is 5.13. The van der Waals surface area contributed by atoms with Crippen molar-refractivity contribution in [3.63, 3.8) is 0 Å². The van der Waals surface area contributed by atoms with Crippen molar-refractivity contribution in [1.82, 2.24) is 20.1 Å². The summed E-state index contributed by atoms with van der Waals surface area (Å²) >= 11 is 0. The van der Waals surface area contributed by atoms with Crippen molar-refractivity contribution in [2.45, 2.75) is 12.3 Å². The lowest BCUT2D eigenvalue weighted by atomic mass is 10.1. The zero-order valence-corrected chi connectivity index (χ0v) is 11.7. The van der Waals surface area contributed by atoms with Crippen molar-refractivity contribution >= 4 is 0 Å². The fourth-order valence-electron chi connectivity index (χ4n) is 2.65. The van der Waals surface area contributed by atoms with Crippen LogP contribution in [0.1, 0.15) is 18.2 Å². The first-order valence-corrected chi connectivity index (χ1v) is 7.06. The van der Waals surface area contributed by atoms with Gasteiger partial charge in [0.25, 0.3) is 0 Å². The summed E-state index contributed by atoms with van der Waals surface area (Å²) in [5.74, 6) is 2.25. The highest BCUT2D eigenvalue weighted by atomic mass is 16.5. The van der Waals surface area contributed by atoms with Crippen LogP contribution < -0.4 is 0 Å². The van der Waals surface area contributed by atoms with E-state index < -0.39 is 0 Å². The summed E-state index contributed by atoms with van der Waals surface area (Å²) in [4.78, 5) is 7.07. The Bertz CT molecular complexity index is 540. The van der Waals surface area contributed by atoms with Gasteiger partial charge < -0.3 is 9.64 Å². The average molecular weight is 272 g/mol. The van der Waals surface area contributed by atoms with Crippen LogP contribution in [0, 0.1) is 0 Å². The van der Waals surface area contributed by atoms with E-state index in [1.807, 2.05) is 30.3 Å². The molecule has 5 nitrogen and oxygen atoms in total. The molecule has 3 rings (SSSR count). The third kappa shape index (κ3) is 2.89. The summed E-state index contributed by atoms with van der Waals surface area (Å²) in [5, 5.41) is 7.44. The molecule has 1 N–H and O–H groups in total. The smallest absolute Gasteiger partial charge is 0.181 e. The van der Waals surface area contributed by atoms with E-state index in [0.29, 0.717) is 5.92 Å². The van der Waals surface area contributed by atoms with Crippen LogP contribution in [0.5, 0.6) is 0 Å². The molecule has 5 heteroatoms. The molecule has 20 heavy (non-hydrogen) atoms. The van der Waals surface area contributed by atoms with E-state index in [9.17, 15) is 0 Å². The predicted octanol–water partition coefficient (Wildman–Crippen LogP) is 1.91. The molecule has 0 bridgehead atoms. The highest BCUT2D eigenvalue weighted by Gasteiger charge is 2.26. The van der Waals surface area contributed by atoms with Gasteiger partial charge in [0.2, 0.25) is 0 Å². The molecule has 0 radical (unpaired) electrons. The third-order valence-corrected chi connectivity index (χ3v) is 3.81. The van der Waals surface area contributed by atoms with E-state index in [2.05, 4.69) is 20.1 Å². The normalized spacial score (nSPS) is 19.6. The average Bonchev–Trinajstić information content (AvgIpc) is 3.15. The first kappa shape index (κ1) is 13.3. The molecule has 1 fully saturated rings. The number of methoxy groups -OCH3 is 1. The molecule has 106 valence electrons. The monoisotopic (exact) mass is 272 g/mol. The lowest BCUT2D eigenvalue weighted by molar-refractivity contribution is 0.160. The van der Waals surface area contributed by atoms with Gasteiger partial charge in [0.05, 0.1) is 6.61 Å². The molecule has 0 saturated carbocycles. The number of nitrogens with one attached hydrogen (secondary N) is 1.